The van der Waals surface area contributed by atoms with Crippen molar-refractivity contribution in [2.24, 2.45) is 0 Å². The van der Waals surface area contributed by atoms with E-state index in [1.165, 1.54) is 0 Å². The molecule has 4 bridgehead atoms. The largest absolute Gasteiger partial charge is 0.491 e. The van der Waals surface area contributed by atoms with Crippen LogP contribution in [0.5, 0.6) is 23.0 Å². The standard InChI is InChI=1S/2C20H23N3O3S.2CHCl3/c2*1-23-18-14-6-2-4-8-16(14)25-12-10-24-11-13-26-17-9-5-3-7-15(17)19(23)22-20(27)21-18;2*2-1(3)4/h2*2-9,18-19H,10-13H2,1H3,(H2,21,22,27);2*1H/t2*18-,19+;;. The predicted molar refractivity (Wildman–Crippen MR) is 256 cm³/mol. The van der Waals surface area contributed by atoms with Crippen LogP contribution in [0.15, 0.2) is 97.1 Å². The number of ether oxygens (including phenoxy) is 6. The maximum Gasteiger partial charge on any atom is 0.180 e. The van der Waals surface area contributed by atoms with Crippen LogP contribution < -0.4 is 40.2 Å². The van der Waals surface area contributed by atoms with Gasteiger partial charge in [-0.3, -0.25) is 9.80 Å². The average molecular weight is 1010 g/mol. The molecular formula is C42H48Cl6N6O6S2. The van der Waals surface area contributed by atoms with Crippen molar-refractivity contribution in [3.05, 3.63) is 119 Å². The Morgan fingerprint density at radius 1 is 0.419 bits per heavy atom. The van der Waals surface area contributed by atoms with Crippen LogP contribution >= 0.6 is 94.0 Å². The number of nitrogens with one attached hydrogen (secondary N) is 4. The van der Waals surface area contributed by atoms with E-state index in [0.29, 0.717) is 63.1 Å². The number of hydrogen-bond acceptors (Lipinski definition) is 10. The number of fused-ring (bicyclic) bond motifs is 12. The molecule has 62 heavy (non-hydrogen) atoms. The molecule has 8 rings (SSSR count). The smallest absolute Gasteiger partial charge is 0.180 e. The Balaban J connectivity index is 0.000000200. The van der Waals surface area contributed by atoms with Crippen molar-refractivity contribution in [3.8, 4) is 23.0 Å². The van der Waals surface area contributed by atoms with Gasteiger partial charge in [0.2, 0.25) is 0 Å². The lowest BCUT2D eigenvalue weighted by Gasteiger charge is -2.43. The van der Waals surface area contributed by atoms with E-state index < -0.39 is 8.59 Å². The van der Waals surface area contributed by atoms with Gasteiger partial charge < -0.3 is 49.7 Å². The topological polar surface area (TPSA) is 110 Å². The van der Waals surface area contributed by atoms with E-state index in [9.17, 15) is 0 Å². The zero-order valence-corrected chi connectivity index (χ0v) is 40.0. The van der Waals surface area contributed by atoms with Crippen LogP contribution in [0.25, 0.3) is 0 Å². The fourth-order valence-electron chi connectivity index (χ4n) is 6.87. The van der Waals surface area contributed by atoms with Crippen LogP contribution in [0.2, 0.25) is 0 Å². The Morgan fingerprint density at radius 2 is 0.629 bits per heavy atom. The van der Waals surface area contributed by atoms with Gasteiger partial charge in [-0.15, -0.1) is 0 Å². The molecule has 4 heterocycles. The van der Waals surface area contributed by atoms with Gasteiger partial charge in [-0.25, -0.2) is 0 Å². The second-order valence-electron chi connectivity index (χ2n) is 13.4. The van der Waals surface area contributed by atoms with Gasteiger partial charge in [0, 0.05) is 22.3 Å². The fourth-order valence-corrected chi connectivity index (χ4v) is 7.32. The summed E-state index contributed by atoms with van der Waals surface area (Å²) in [4.78, 5) is 4.39. The minimum Gasteiger partial charge on any atom is -0.491 e. The minimum absolute atomic E-state index is 0.128. The number of benzene rings is 4. The first-order valence-electron chi connectivity index (χ1n) is 19.4. The molecular weight excluding hydrogens is 961 g/mol. The van der Waals surface area contributed by atoms with Gasteiger partial charge in [-0.2, -0.15) is 0 Å². The molecule has 0 saturated carbocycles. The Labute approximate surface area is 403 Å². The zero-order valence-electron chi connectivity index (χ0n) is 33.8. The molecule has 4 aromatic rings. The molecule has 2 saturated heterocycles. The highest BCUT2D eigenvalue weighted by molar-refractivity contribution is 7.80. The Bertz CT molecular complexity index is 1760. The molecule has 4 aliphatic heterocycles. The van der Waals surface area contributed by atoms with Crippen LogP contribution in [0, 0.1) is 0 Å². The summed E-state index contributed by atoms with van der Waals surface area (Å²) in [5.41, 5.74) is 4.13. The number of alkyl halides is 6. The third-order valence-electron chi connectivity index (χ3n) is 9.50. The van der Waals surface area contributed by atoms with Crippen LogP contribution in [-0.2, 0) is 9.47 Å². The van der Waals surface area contributed by atoms with Crippen molar-refractivity contribution in [2.45, 2.75) is 33.3 Å². The fraction of sp³-hybridized carbons (Fsp3) is 0.381. The van der Waals surface area contributed by atoms with Gasteiger partial charge in [0.25, 0.3) is 0 Å². The molecule has 0 unspecified atom stereocenters. The van der Waals surface area contributed by atoms with E-state index in [4.69, 9.17) is 122 Å². The maximum absolute atomic E-state index is 5.98. The maximum atomic E-state index is 5.98. The number of halogens is 6. The SMILES string of the molecule is CN1[C@@H]2NC(=S)N[C@H]1c1ccccc1OCCOCCOc1ccccc12.CN1[C@@H]2NC(=S)N[C@H]1c1ccccc1OCCOCCOc1ccccc12.ClC(Cl)Cl.ClC(Cl)Cl. The van der Waals surface area contributed by atoms with Gasteiger partial charge in [0.1, 0.15) is 74.1 Å². The number of rotatable bonds is 0. The molecule has 2 fully saturated rings. The molecule has 20 heteroatoms. The molecule has 0 spiro atoms. The number of thiocarbonyl (C=S) groups is 2. The predicted octanol–water partition coefficient (Wildman–Crippen LogP) is 9.14. The first kappa shape index (κ1) is 50.0. The van der Waals surface area contributed by atoms with Crippen molar-refractivity contribution >= 4 is 104 Å². The molecule has 0 radical (unpaired) electrons. The summed E-state index contributed by atoms with van der Waals surface area (Å²) in [6, 6.07) is 32.1. The van der Waals surface area contributed by atoms with Gasteiger partial charge in [-0.05, 0) is 62.8 Å². The number of nitrogens with zero attached hydrogens (tertiary/aromatic N) is 2. The summed E-state index contributed by atoms with van der Waals surface area (Å²) >= 11 is 39.9. The molecule has 0 amide bonds. The Hall–Kier alpha value is -2.96. The highest BCUT2D eigenvalue weighted by Crippen LogP contribution is 2.38. The molecule has 0 aliphatic carbocycles. The van der Waals surface area contributed by atoms with Crippen molar-refractivity contribution in [2.75, 3.05) is 67.0 Å². The summed E-state index contributed by atoms with van der Waals surface area (Å²) in [6.07, 6.45) is -0.512. The van der Waals surface area contributed by atoms with Crippen LogP contribution in [0.4, 0.5) is 0 Å². The first-order chi connectivity index (χ1) is 29.9. The molecule has 4 atom stereocenters. The van der Waals surface area contributed by atoms with Gasteiger partial charge in [0.05, 0.1) is 26.4 Å². The quantitative estimate of drug-likeness (QED) is 0.0994. The summed E-state index contributed by atoms with van der Waals surface area (Å²) < 4.78 is 33.7. The van der Waals surface area contributed by atoms with Crippen LogP contribution in [-0.4, -0.2) is 95.6 Å². The van der Waals surface area contributed by atoms with Crippen LogP contribution in [0.3, 0.4) is 0 Å². The van der Waals surface area contributed by atoms with E-state index in [1.807, 2.05) is 72.8 Å². The molecule has 4 aromatic carbocycles. The molecule has 12 nitrogen and oxygen atoms in total. The average Bonchev–Trinajstić information content (AvgIpc) is 3.24. The first-order valence-corrected chi connectivity index (χ1v) is 22.8. The second kappa shape index (κ2) is 26.1. The van der Waals surface area contributed by atoms with E-state index in [0.717, 1.165) is 45.3 Å². The van der Waals surface area contributed by atoms with Gasteiger partial charge in [0.15, 0.2) is 18.8 Å². The monoisotopic (exact) mass is 1010 g/mol. The van der Waals surface area contributed by atoms with Crippen molar-refractivity contribution in [3.63, 3.8) is 0 Å². The van der Waals surface area contributed by atoms with E-state index in [-0.39, 0.29) is 24.7 Å². The van der Waals surface area contributed by atoms with Crippen molar-refractivity contribution < 1.29 is 28.4 Å². The van der Waals surface area contributed by atoms with Crippen molar-refractivity contribution in [1.82, 2.24) is 31.1 Å². The van der Waals surface area contributed by atoms with E-state index in [1.54, 1.807) is 0 Å². The van der Waals surface area contributed by atoms with Crippen molar-refractivity contribution in [1.29, 1.82) is 0 Å². The lowest BCUT2D eigenvalue weighted by atomic mass is 10.1. The summed E-state index contributed by atoms with van der Waals surface area (Å²) in [5, 5.41) is 14.6. The summed E-state index contributed by atoms with van der Waals surface area (Å²) in [7, 11) is 4.11. The highest BCUT2D eigenvalue weighted by Gasteiger charge is 2.36. The van der Waals surface area contributed by atoms with Gasteiger partial charge in [-0.1, -0.05) is 142 Å². The normalized spacial score (nSPS) is 21.5. The molecule has 336 valence electrons. The molecule has 4 aliphatic rings. The minimum atomic E-state index is -0.750. The summed E-state index contributed by atoms with van der Waals surface area (Å²) in [6.45, 7) is 3.97. The summed E-state index contributed by atoms with van der Waals surface area (Å²) in [5.74, 6) is 3.32. The van der Waals surface area contributed by atoms with Gasteiger partial charge >= 0.3 is 0 Å². The third kappa shape index (κ3) is 15.1. The Morgan fingerprint density at radius 3 is 0.855 bits per heavy atom. The number of para-hydroxylation sites is 4. The second-order valence-corrected chi connectivity index (χ2v) is 18.2. The number of hydrogen-bond donors (Lipinski definition) is 4. The molecule has 4 N–H and O–H groups in total. The Kier molecular flexibility index (Phi) is 21.1. The lowest BCUT2D eigenvalue weighted by molar-refractivity contribution is 0.0701. The molecule has 0 aromatic heterocycles. The lowest BCUT2D eigenvalue weighted by Crippen LogP contribution is -2.56. The van der Waals surface area contributed by atoms with Crippen LogP contribution in [0.1, 0.15) is 46.9 Å². The zero-order chi connectivity index (χ0) is 44.4. The van der Waals surface area contributed by atoms with E-state index in [2.05, 4.69) is 69.4 Å². The van der Waals surface area contributed by atoms with E-state index >= 15 is 0 Å². The third-order valence-corrected chi connectivity index (χ3v) is 9.97. The highest BCUT2D eigenvalue weighted by atomic mass is 35.6.